The first kappa shape index (κ1) is 6.78. The van der Waals surface area contributed by atoms with Crippen molar-refractivity contribution in [2.75, 3.05) is 11.4 Å². The van der Waals surface area contributed by atoms with Crippen molar-refractivity contribution in [1.29, 1.82) is 0 Å². The summed E-state index contributed by atoms with van der Waals surface area (Å²) in [6.45, 7) is 0.906. The lowest BCUT2D eigenvalue weighted by Crippen LogP contribution is -2.21. The smallest absolute Gasteiger partial charge is 0.200 e. The highest BCUT2D eigenvalue weighted by molar-refractivity contribution is 5.67. The van der Waals surface area contributed by atoms with Gasteiger partial charge in [0.25, 0.3) is 0 Å². The molecule has 0 unspecified atom stereocenters. The van der Waals surface area contributed by atoms with Crippen molar-refractivity contribution in [3.63, 3.8) is 0 Å². The molecule has 1 aromatic rings. The van der Waals surface area contributed by atoms with Crippen LogP contribution in [-0.4, -0.2) is 6.54 Å². The first-order chi connectivity index (χ1) is 6.45. The fourth-order valence-electron chi connectivity index (χ4n) is 1.68. The van der Waals surface area contributed by atoms with Crippen molar-refractivity contribution in [2.45, 2.75) is 0 Å². The van der Waals surface area contributed by atoms with Gasteiger partial charge >= 0.3 is 0 Å². The molecular weight excluding hydrogens is 162 g/mol. The third kappa shape index (κ3) is 0.886. The van der Waals surface area contributed by atoms with Crippen molar-refractivity contribution < 1.29 is 4.74 Å². The predicted octanol–water partition coefficient (Wildman–Crippen LogP) is 2.30. The molecule has 2 aliphatic heterocycles. The van der Waals surface area contributed by atoms with Crippen LogP contribution in [0.25, 0.3) is 0 Å². The molecule has 0 atom stereocenters. The molecule has 0 N–H and O–H groups in total. The molecule has 0 spiro atoms. The highest BCUT2D eigenvalue weighted by atomic mass is 16.5. The summed E-state index contributed by atoms with van der Waals surface area (Å²) in [6, 6.07) is 8.10. The average Bonchev–Trinajstić information content (AvgIpc) is 2.56. The van der Waals surface area contributed by atoms with Crippen LogP contribution in [-0.2, 0) is 0 Å². The standard InChI is InChI=1S/C11H9NO/c1-2-6-10-9(5-1)12-8-4-3-7-11(12)13-10/h1-7H,8H2. The Kier molecular flexibility index (Phi) is 1.25. The van der Waals surface area contributed by atoms with E-state index in [1.807, 2.05) is 30.4 Å². The van der Waals surface area contributed by atoms with Crippen LogP contribution in [0.15, 0.2) is 48.4 Å². The first-order valence-corrected chi connectivity index (χ1v) is 4.36. The zero-order valence-corrected chi connectivity index (χ0v) is 7.10. The average molecular weight is 171 g/mol. The molecule has 13 heavy (non-hydrogen) atoms. The molecule has 0 aliphatic carbocycles. The summed E-state index contributed by atoms with van der Waals surface area (Å²) in [4.78, 5) is 2.16. The van der Waals surface area contributed by atoms with Crippen LogP contribution >= 0.6 is 0 Å². The summed E-state index contributed by atoms with van der Waals surface area (Å²) in [7, 11) is 0. The van der Waals surface area contributed by atoms with Crippen LogP contribution in [0, 0.1) is 0 Å². The fourth-order valence-corrected chi connectivity index (χ4v) is 1.68. The van der Waals surface area contributed by atoms with Gasteiger partial charge in [-0.3, -0.25) is 0 Å². The lowest BCUT2D eigenvalue weighted by Gasteiger charge is -2.17. The predicted molar refractivity (Wildman–Crippen MR) is 51.6 cm³/mol. The van der Waals surface area contributed by atoms with Gasteiger partial charge in [-0.25, -0.2) is 0 Å². The van der Waals surface area contributed by atoms with Gasteiger partial charge in [0.05, 0.1) is 5.69 Å². The van der Waals surface area contributed by atoms with Gasteiger partial charge in [-0.1, -0.05) is 24.3 Å². The fraction of sp³-hybridized carbons (Fsp3) is 0.0909. The van der Waals surface area contributed by atoms with Crippen LogP contribution in [0.2, 0.25) is 0 Å². The molecule has 0 aromatic heterocycles. The molecule has 0 saturated carbocycles. The molecule has 64 valence electrons. The van der Waals surface area contributed by atoms with E-state index < -0.39 is 0 Å². The molecule has 2 nitrogen and oxygen atoms in total. The van der Waals surface area contributed by atoms with Crippen molar-refractivity contribution in [3.05, 3.63) is 48.4 Å². The number of fused-ring (bicyclic) bond motifs is 3. The van der Waals surface area contributed by atoms with Gasteiger partial charge < -0.3 is 9.64 Å². The number of allylic oxidation sites excluding steroid dienone is 2. The normalized spacial score (nSPS) is 17.5. The maximum Gasteiger partial charge on any atom is 0.200 e. The maximum absolute atomic E-state index is 5.65. The Balaban J connectivity index is 2.14. The van der Waals surface area contributed by atoms with E-state index in [0.29, 0.717) is 0 Å². The zero-order chi connectivity index (χ0) is 8.67. The monoisotopic (exact) mass is 171 g/mol. The second kappa shape index (κ2) is 2.39. The van der Waals surface area contributed by atoms with Gasteiger partial charge in [0.2, 0.25) is 5.88 Å². The summed E-state index contributed by atoms with van der Waals surface area (Å²) >= 11 is 0. The SMILES string of the molecule is C1=CCN2C(=C1)Oc1ccccc12. The third-order valence-corrected chi connectivity index (χ3v) is 2.30. The quantitative estimate of drug-likeness (QED) is 0.593. The number of hydrogen-bond donors (Lipinski definition) is 0. The molecule has 0 bridgehead atoms. The highest BCUT2D eigenvalue weighted by Crippen LogP contribution is 2.39. The summed E-state index contributed by atoms with van der Waals surface area (Å²) in [5.74, 6) is 1.89. The second-order valence-corrected chi connectivity index (χ2v) is 3.11. The zero-order valence-electron chi connectivity index (χ0n) is 7.10. The topological polar surface area (TPSA) is 12.5 Å². The summed E-state index contributed by atoms with van der Waals surface area (Å²) in [6.07, 6.45) is 6.14. The Morgan fingerprint density at radius 3 is 3.15 bits per heavy atom. The molecule has 0 fully saturated rings. The number of anilines is 1. The maximum atomic E-state index is 5.65. The van der Waals surface area contributed by atoms with Crippen LogP contribution in [0.4, 0.5) is 5.69 Å². The number of rotatable bonds is 0. The van der Waals surface area contributed by atoms with Crippen LogP contribution in [0.5, 0.6) is 5.75 Å². The van der Waals surface area contributed by atoms with Gasteiger partial charge in [-0.2, -0.15) is 0 Å². The van der Waals surface area contributed by atoms with Gasteiger partial charge in [0.1, 0.15) is 0 Å². The summed E-state index contributed by atoms with van der Waals surface area (Å²) in [5.41, 5.74) is 1.16. The summed E-state index contributed by atoms with van der Waals surface area (Å²) < 4.78 is 5.65. The third-order valence-electron chi connectivity index (χ3n) is 2.30. The van der Waals surface area contributed by atoms with E-state index >= 15 is 0 Å². The number of benzene rings is 1. The van der Waals surface area contributed by atoms with Crippen LogP contribution < -0.4 is 9.64 Å². The van der Waals surface area contributed by atoms with Gasteiger partial charge in [-0.15, -0.1) is 0 Å². The van der Waals surface area contributed by atoms with Crippen LogP contribution in [0.3, 0.4) is 0 Å². The van der Waals surface area contributed by atoms with Crippen molar-refractivity contribution in [3.8, 4) is 5.75 Å². The Morgan fingerprint density at radius 2 is 2.15 bits per heavy atom. The molecule has 0 amide bonds. The van der Waals surface area contributed by atoms with Crippen molar-refractivity contribution in [2.24, 2.45) is 0 Å². The minimum absolute atomic E-state index is 0.906. The Labute approximate surface area is 76.7 Å². The van der Waals surface area contributed by atoms with Crippen molar-refractivity contribution >= 4 is 5.69 Å². The largest absolute Gasteiger partial charge is 0.439 e. The molecular formula is C11H9NO. The minimum atomic E-state index is 0.906. The Hall–Kier alpha value is -1.70. The van der Waals surface area contributed by atoms with Crippen LogP contribution in [0.1, 0.15) is 0 Å². The first-order valence-electron chi connectivity index (χ1n) is 4.36. The minimum Gasteiger partial charge on any atom is -0.439 e. The molecule has 2 heteroatoms. The number of nitrogens with zero attached hydrogens (tertiary/aromatic N) is 1. The second-order valence-electron chi connectivity index (χ2n) is 3.11. The van der Waals surface area contributed by atoms with E-state index in [-0.39, 0.29) is 0 Å². The molecule has 3 rings (SSSR count). The van der Waals surface area contributed by atoms with E-state index in [1.54, 1.807) is 0 Å². The van der Waals surface area contributed by atoms with Gasteiger partial charge in [-0.05, 0) is 18.2 Å². The lowest BCUT2D eigenvalue weighted by atomic mass is 10.2. The van der Waals surface area contributed by atoms with E-state index in [9.17, 15) is 0 Å². The van der Waals surface area contributed by atoms with E-state index in [2.05, 4.69) is 17.0 Å². The molecule has 0 saturated heterocycles. The molecule has 1 aromatic carbocycles. The van der Waals surface area contributed by atoms with E-state index in [1.165, 1.54) is 0 Å². The number of ether oxygens (including phenoxy) is 1. The Bertz CT molecular complexity index is 406. The molecule has 2 aliphatic rings. The highest BCUT2D eigenvalue weighted by Gasteiger charge is 2.25. The number of hydrogen-bond acceptors (Lipinski definition) is 2. The van der Waals surface area contributed by atoms with Gasteiger partial charge in [0, 0.05) is 6.54 Å². The molecule has 0 radical (unpaired) electrons. The lowest BCUT2D eigenvalue weighted by molar-refractivity contribution is 0.440. The van der Waals surface area contributed by atoms with E-state index in [4.69, 9.17) is 4.74 Å². The number of para-hydroxylation sites is 2. The summed E-state index contributed by atoms with van der Waals surface area (Å²) in [5, 5.41) is 0. The van der Waals surface area contributed by atoms with Crippen molar-refractivity contribution in [1.82, 2.24) is 0 Å². The molecule has 2 heterocycles. The van der Waals surface area contributed by atoms with E-state index in [0.717, 1.165) is 23.9 Å². The van der Waals surface area contributed by atoms with Gasteiger partial charge in [0.15, 0.2) is 5.75 Å². The Morgan fingerprint density at radius 1 is 1.23 bits per heavy atom.